The number of hydrogen-bond donors (Lipinski definition) is 2. The lowest BCUT2D eigenvalue weighted by atomic mass is 10.1. The van der Waals surface area contributed by atoms with E-state index in [9.17, 15) is 18.0 Å². The van der Waals surface area contributed by atoms with E-state index >= 15 is 0 Å². The van der Waals surface area contributed by atoms with Crippen LogP contribution in [0.4, 0.5) is 5.69 Å². The van der Waals surface area contributed by atoms with Crippen LogP contribution in [0.2, 0.25) is 0 Å². The van der Waals surface area contributed by atoms with Gasteiger partial charge < -0.3 is 10.4 Å². The zero-order chi connectivity index (χ0) is 15.5. The summed E-state index contributed by atoms with van der Waals surface area (Å²) in [5, 5.41) is 10.7. The van der Waals surface area contributed by atoms with Crippen molar-refractivity contribution in [2.24, 2.45) is 0 Å². The van der Waals surface area contributed by atoms with Crippen LogP contribution in [0.3, 0.4) is 0 Å². The van der Waals surface area contributed by atoms with E-state index in [-0.39, 0.29) is 11.3 Å². The van der Waals surface area contributed by atoms with Crippen molar-refractivity contribution in [3.05, 3.63) is 29.3 Å². The van der Waals surface area contributed by atoms with E-state index in [2.05, 4.69) is 5.32 Å². The lowest BCUT2D eigenvalue weighted by Gasteiger charge is -2.10. The van der Waals surface area contributed by atoms with Gasteiger partial charge in [0.1, 0.15) is 5.75 Å². The van der Waals surface area contributed by atoms with Crippen molar-refractivity contribution in [2.75, 3.05) is 11.1 Å². The van der Waals surface area contributed by atoms with Gasteiger partial charge in [-0.05, 0) is 38.5 Å². The number of aromatic carboxylic acids is 1. The Morgan fingerprint density at radius 1 is 1.30 bits per heavy atom. The van der Waals surface area contributed by atoms with Crippen molar-refractivity contribution in [3.8, 4) is 0 Å². The lowest BCUT2D eigenvalue weighted by Crippen LogP contribution is -2.28. The van der Waals surface area contributed by atoms with Crippen molar-refractivity contribution < 1.29 is 23.1 Å². The Morgan fingerprint density at radius 2 is 1.90 bits per heavy atom. The smallest absolute Gasteiger partial charge is 0.336 e. The summed E-state index contributed by atoms with van der Waals surface area (Å²) in [4.78, 5) is 22.6. The van der Waals surface area contributed by atoms with E-state index in [1.807, 2.05) is 0 Å². The van der Waals surface area contributed by atoms with Crippen LogP contribution in [-0.2, 0) is 14.6 Å². The number of carboxylic acid groups (broad SMARTS) is 1. The molecule has 0 aliphatic carbocycles. The minimum absolute atomic E-state index is 0.0644. The predicted molar refractivity (Wildman–Crippen MR) is 75.7 cm³/mol. The van der Waals surface area contributed by atoms with Crippen molar-refractivity contribution in [1.82, 2.24) is 0 Å². The summed E-state index contributed by atoms with van der Waals surface area (Å²) >= 11 is 0. The van der Waals surface area contributed by atoms with Crippen LogP contribution in [0.15, 0.2) is 18.2 Å². The molecular weight excluding hydrogens is 282 g/mol. The molecule has 0 aliphatic heterocycles. The van der Waals surface area contributed by atoms with Crippen molar-refractivity contribution in [2.45, 2.75) is 26.0 Å². The van der Waals surface area contributed by atoms with Gasteiger partial charge in [0.25, 0.3) is 0 Å². The van der Waals surface area contributed by atoms with Crippen LogP contribution in [0.5, 0.6) is 0 Å². The number of sulfone groups is 1. The van der Waals surface area contributed by atoms with Crippen LogP contribution >= 0.6 is 0 Å². The molecule has 0 atom stereocenters. The van der Waals surface area contributed by atoms with Crippen LogP contribution in [0.25, 0.3) is 0 Å². The first kappa shape index (κ1) is 16.2. The molecule has 0 saturated heterocycles. The lowest BCUT2D eigenvalue weighted by molar-refractivity contribution is -0.113. The minimum Gasteiger partial charge on any atom is -0.478 e. The maximum Gasteiger partial charge on any atom is 0.336 e. The molecule has 0 spiro atoms. The largest absolute Gasteiger partial charge is 0.478 e. The minimum atomic E-state index is -3.48. The first-order valence-corrected chi connectivity index (χ1v) is 7.70. The topological polar surface area (TPSA) is 101 Å². The monoisotopic (exact) mass is 299 g/mol. The van der Waals surface area contributed by atoms with Gasteiger partial charge in [0.05, 0.1) is 10.8 Å². The van der Waals surface area contributed by atoms with E-state index in [0.717, 1.165) is 0 Å². The fourth-order valence-corrected chi connectivity index (χ4v) is 2.25. The van der Waals surface area contributed by atoms with Crippen LogP contribution in [0.1, 0.15) is 29.8 Å². The van der Waals surface area contributed by atoms with Gasteiger partial charge in [0.15, 0.2) is 9.84 Å². The zero-order valence-corrected chi connectivity index (χ0v) is 12.3. The normalized spacial score (nSPS) is 11.4. The number of anilines is 1. The van der Waals surface area contributed by atoms with Crippen molar-refractivity contribution in [3.63, 3.8) is 0 Å². The van der Waals surface area contributed by atoms with Gasteiger partial charge in [-0.1, -0.05) is 6.07 Å². The van der Waals surface area contributed by atoms with Crippen LogP contribution in [0, 0.1) is 6.92 Å². The highest BCUT2D eigenvalue weighted by molar-refractivity contribution is 7.92. The Balaban J connectivity index is 2.87. The molecule has 1 amide bonds. The second-order valence-corrected chi connectivity index (χ2v) is 7.30. The fourth-order valence-electron chi connectivity index (χ4n) is 1.48. The molecule has 0 aromatic heterocycles. The summed E-state index contributed by atoms with van der Waals surface area (Å²) < 4.78 is 23.2. The Morgan fingerprint density at radius 3 is 2.40 bits per heavy atom. The maximum absolute atomic E-state index is 11.7. The van der Waals surface area contributed by atoms with E-state index < -0.39 is 32.7 Å². The Hall–Kier alpha value is -1.89. The van der Waals surface area contributed by atoms with Gasteiger partial charge >= 0.3 is 5.97 Å². The summed E-state index contributed by atoms with van der Waals surface area (Å²) in [5.74, 6) is -2.41. The molecule has 1 aromatic carbocycles. The molecule has 0 fully saturated rings. The summed E-state index contributed by atoms with van der Waals surface area (Å²) in [6.07, 6.45) is 0. The van der Waals surface area contributed by atoms with Crippen molar-refractivity contribution >= 4 is 27.4 Å². The number of carbonyl (C=O) groups is 2. The molecule has 2 N–H and O–H groups in total. The number of carbonyl (C=O) groups excluding carboxylic acids is 1. The molecule has 0 heterocycles. The Kier molecular flexibility index (Phi) is 4.88. The van der Waals surface area contributed by atoms with Gasteiger partial charge in [-0.3, -0.25) is 4.79 Å². The molecule has 20 heavy (non-hydrogen) atoms. The number of amides is 1. The highest BCUT2D eigenvalue weighted by atomic mass is 32.2. The third kappa shape index (κ3) is 4.06. The fraction of sp³-hybridized carbons (Fsp3) is 0.385. The highest BCUT2D eigenvalue weighted by Crippen LogP contribution is 2.15. The van der Waals surface area contributed by atoms with E-state index in [0.29, 0.717) is 5.56 Å². The Labute approximate surface area is 117 Å². The number of carboxylic acids is 1. The summed E-state index contributed by atoms with van der Waals surface area (Å²) in [7, 11) is -3.48. The van der Waals surface area contributed by atoms with Gasteiger partial charge in [-0.15, -0.1) is 0 Å². The predicted octanol–water partition coefficient (Wildman–Crippen LogP) is 1.45. The average Bonchev–Trinajstić information content (AvgIpc) is 2.30. The number of aryl methyl sites for hydroxylation is 1. The molecule has 1 aromatic rings. The standard InChI is InChI=1S/C13H17NO5S/c1-8(2)20(18,19)7-12(15)14-10-5-4-9(3)11(6-10)13(16)17/h4-6,8H,7H2,1-3H3,(H,14,15)(H,16,17). The average molecular weight is 299 g/mol. The van der Waals surface area contributed by atoms with Crippen molar-refractivity contribution in [1.29, 1.82) is 0 Å². The van der Waals surface area contributed by atoms with E-state index in [1.165, 1.54) is 26.0 Å². The summed E-state index contributed by atoms with van der Waals surface area (Å²) in [5.41, 5.74) is 0.886. The molecule has 1 rings (SSSR count). The second kappa shape index (κ2) is 6.04. The number of hydrogen-bond acceptors (Lipinski definition) is 4. The van der Waals surface area contributed by atoms with Gasteiger partial charge in [-0.25, -0.2) is 13.2 Å². The van der Waals surface area contributed by atoms with Gasteiger partial charge in [-0.2, -0.15) is 0 Å². The SMILES string of the molecule is Cc1ccc(NC(=O)CS(=O)(=O)C(C)C)cc1C(=O)O. The molecule has 0 radical (unpaired) electrons. The third-order valence-corrected chi connectivity index (χ3v) is 4.90. The van der Waals surface area contributed by atoms with Gasteiger partial charge in [0, 0.05) is 5.69 Å². The molecule has 0 bridgehead atoms. The third-order valence-electron chi connectivity index (χ3n) is 2.80. The van der Waals surface area contributed by atoms with Crippen LogP contribution < -0.4 is 5.32 Å². The molecule has 0 unspecified atom stereocenters. The van der Waals surface area contributed by atoms with Gasteiger partial charge in [0.2, 0.25) is 5.91 Å². The second-order valence-electron chi connectivity index (χ2n) is 4.74. The first-order chi connectivity index (χ1) is 9.13. The quantitative estimate of drug-likeness (QED) is 0.857. The number of benzene rings is 1. The molecule has 6 nitrogen and oxygen atoms in total. The number of nitrogens with one attached hydrogen (secondary N) is 1. The molecule has 0 aliphatic rings. The van der Waals surface area contributed by atoms with E-state index in [4.69, 9.17) is 5.11 Å². The van der Waals surface area contributed by atoms with Crippen LogP contribution in [-0.4, -0.2) is 36.4 Å². The summed E-state index contributed by atoms with van der Waals surface area (Å²) in [6, 6.07) is 4.38. The van der Waals surface area contributed by atoms with E-state index in [1.54, 1.807) is 13.0 Å². The number of rotatable bonds is 5. The molecule has 110 valence electrons. The zero-order valence-electron chi connectivity index (χ0n) is 11.5. The molecular formula is C13H17NO5S. The molecule has 0 saturated carbocycles. The first-order valence-electron chi connectivity index (χ1n) is 5.99. The molecule has 7 heteroatoms. The Bertz CT molecular complexity index is 634. The summed E-state index contributed by atoms with van der Waals surface area (Å²) in [6.45, 7) is 4.63. The highest BCUT2D eigenvalue weighted by Gasteiger charge is 2.21. The maximum atomic E-state index is 11.7.